The van der Waals surface area contributed by atoms with Crippen LogP contribution >= 0.6 is 24.0 Å². The number of nitrogens with zero attached hydrogens (tertiary/aromatic N) is 2. The fourth-order valence-electron chi connectivity index (χ4n) is 4.21. The lowest BCUT2D eigenvalue weighted by Gasteiger charge is -2.21. The summed E-state index contributed by atoms with van der Waals surface area (Å²) >= 11 is 0. The minimum atomic E-state index is -3.27. The molecule has 7 nitrogen and oxygen atoms in total. The normalized spacial score (nSPS) is 19.8. The highest BCUT2D eigenvalue weighted by Crippen LogP contribution is 2.27. The van der Waals surface area contributed by atoms with Crippen LogP contribution in [0.5, 0.6) is 0 Å². The van der Waals surface area contributed by atoms with Gasteiger partial charge in [-0.2, -0.15) is 0 Å². The van der Waals surface area contributed by atoms with Gasteiger partial charge in [-0.3, -0.25) is 9.79 Å². The number of amides is 1. The Balaban J connectivity index is 0.00000341. The second kappa shape index (κ2) is 12.6. The lowest BCUT2D eigenvalue weighted by Crippen LogP contribution is -2.45. The van der Waals surface area contributed by atoms with E-state index in [0.717, 1.165) is 32.4 Å². The molecule has 1 saturated heterocycles. The molecule has 0 bridgehead atoms. The maximum absolute atomic E-state index is 12.6. The number of carbonyl (C=O) groups excluding carboxylic acids is 1. The molecule has 0 radical (unpaired) electrons. The van der Waals surface area contributed by atoms with Gasteiger partial charge in [0.15, 0.2) is 15.8 Å². The average molecular weight is 563 g/mol. The van der Waals surface area contributed by atoms with E-state index in [1.165, 1.54) is 12.8 Å². The van der Waals surface area contributed by atoms with Crippen molar-refractivity contribution in [1.29, 1.82) is 0 Å². The van der Waals surface area contributed by atoms with E-state index < -0.39 is 9.84 Å². The Morgan fingerprint density at radius 3 is 2.55 bits per heavy atom. The summed E-state index contributed by atoms with van der Waals surface area (Å²) in [5.41, 5.74) is 0. The van der Waals surface area contributed by atoms with Gasteiger partial charge in [0.2, 0.25) is 5.91 Å². The number of hydrogen-bond acceptors (Lipinski definition) is 4. The van der Waals surface area contributed by atoms with Gasteiger partial charge < -0.3 is 15.5 Å². The Morgan fingerprint density at radius 1 is 1.16 bits per heavy atom. The van der Waals surface area contributed by atoms with Crippen molar-refractivity contribution < 1.29 is 13.2 Å². The Morgan fingerprint density at radius 2 is 1.87 bits per heavy atom. The second-order valence-electron chi connectivity index (χ2n) is 8.14. The van der Waals surface area contributed by atoms with E-state index in [9.17, 15) is 13.2 Å². The van der Waals surface area contributed by atoms with Crippen molar-refractivity contribution in [3.63, 3.8) is 0 Å². The minimum Gasteiger partial charge on any atom is -0.357 e. The molecule has 1 aromatic carbocycles. The lowest BCUT2D eigenvalue weighted by molar-refractivity contribution is -0.134. The molecule has 1 aromatic rings. The van der Waals surface area contributed by atoms with E-state index in [-0.39, 0.29) is 41.7 Å². The molecule has 1 amide bonds. The number of carbonyl (C=O) groups is 1. The predicted molar refractivity (Wildman–Crippen MR) is 135 cm³/mol. The van der Waals surface area contributed by atoms with Crippen molar-refractivity contribution in [3.05, 3.63) is 30.3 Å². The number of rotatable bonds is 8. The first-order valence-corrected chi connectivity index (χ1v) is 12.8. The highest BCUT2D eigenvalue weighted by atomic mass is 127. The number of benzene rings is 1. The van der Waals surface area contributed by atoms with E-state index >= 15 is 0 Å². The number of aliphatic imine (C=N–C) groups is 1. The first-order valence-electron chi connectivity index (χ1n) is 11.1. The molecule has 1 heterocycles. The molecule has 31 heavy (non-hydrogen) atoms. The van der Waals surface area contributed by atoms with Crippen LogP contribution in [-0.2, 0) is 14.6 Å². The van der Waals surface area contributed by atoms with E-state index in [4.69, 9.17) is 0 Å². The topological polar surface area (TPSA) is 90.9 Å². The first-order chi connectivity index (χ1) is 14.5. The van der Waals surface area contributed by atoms with E-state index in [1.807, 2.05) is 17.9 Å². The van der Waals surface area contributed by atoms with Crippen molar-refractivity contribution in [3.8, 4) is 0 Å². The summed E-state index contributed by atoms with van der Waals surface area (Å²) in [5.74, 6) is 1.30. The van der Waals surface area contributed by atoms with Crippen LogP contribution in [0.2, 0.25) is 0 Å². The van der Waals surface area contributed by atoms with Gasteiger partial charge in [0.05, 0.1) is 10.6 Å². The minimum absolute atomic E-state index is 0. The average Bonchev–Trinajstić information content (AvgIpc) is 3.44. The third-order valence-corrected chi connectivity index (χ3v) is 7.65. The zero-order valence-corrected chi connectivity index (χ0v) is 21.4. The molecule has 174 valence electrons. The molecule has 2 N–H and O–H groups in total. The van der Waals surface area contributed by atoms with E-state index in [0.29, 0.717) is 36.3 Å². The third-order valence-electron chi connectivity index (χ3n) is 5.83. The third kappa shape index (κ3) is 7.62. The van der Waals surface area contributed by atoms with Crippen LogP contribution in [0.15, 0.2) is 40.2 Å². The number of hydrogen-bond donors (Lipinski definition) is 2. The second-order valence-corrected chi connectivity index (χ2v) is 10.3. The Kier molecular flexibility index (Phi) is 10.5. The van der Waals surface area contributed by atoms with Gasteiger partial charge in [0.25, 0.3) is 0 Å². The lowest BCUT2D eigenvalue weighted by atomic mass is 10.1. The summed E-state index contributed by atoms with van der Waals surface area (Å²) in [7, 11) is -3.27. The highest BCUT2D eigenvalue weighted by molar-refractivity contribution is 14.0. The van der Waals surface area contributed by atoms with Gasteiger partial charge in [-0.05, 0) is 44.7 Å². The van der Waals surface area contributed by atoms with Gasteiger partial charge in [-0.15, -0.1) is 24.0 Å². The number of halogens is 1. The molecular formula is C22H35IN4O3S. The number of nitrogens with one attached hydrogen (secondary N) is 2. The SMILES string of the molecule is CCNC(=NCCCS(=O)(=O)c1ccccc1)NC1CCN(C(=O)C2CCCC2)C1.I. The number of likely N-dealkylation sites (tertiary alicyclic amines) is 1. The summed E-state index contributed by atoms with van der Waals surface area (Å²) in [6.45, 7) is 4.66. The van der Waals surface area contributed by atoms with Crippen molar-refractivity contribution >= 4 is 45.7 Å². The molecule has 3 rings (SSSR count). The molecular weight excluding hydrogens is 527 g/mol. The molecule has 1 aliphatic carbocycles. The largest absolute Gasteiger partial charge is 0.357 e. The molecule has 1 aliphatic heterocycles. The smallest absolute Gasteiger partial charge is 0.225 e. The van der Waals surface area contributed by atoms with Gasteiger partial charge >= 0.3 is 0 Å². The van der Waals surface area contributed by atoms with Crippen LogP contribution < -0.4 is 10.6 Å². The number of guanidine groups is 1. The van der Waals surface area contributed by atoms with Gasteiger partial charge in [-0.1, -0.05) is 31.0 Å². The summed E-state index contributed by atoms with van der Waals surface area (Å²) in [6.07, 6.45) is 5.77. The van der Waals surface area contributed by atoms with Crippen molar-refractivity contribution in [2.75, 3.05) is 31.9 Å². The van der Waals surface area contributed by atoms with Crippen molar-refractivity contribution in [1.82, 2.24) is 15.5 Å². The summed E-state index contributed by atoms with van der Waals surface area (Å²) in [5, 5.41) is 6.64. The molecule has 1 unspecified atom stereocenters. The highest BCUT2D eigenvalue weighted by Gasteiger charge is 2.32. The fraction of sp³-hybridized carbons (Fsp3) is 0.636. The van der Waals surface area contributed by atoms with Crippen LogP contribution in [0, 0.1) is 5.92 Å². The van der Waals surface area contributed by atoms with E-state index in [2.05, 4.69) is 15.6 Å². The van der Waals surface area contributed by atoms with Gasteiger partial charge in [-0.25, -0.2) is 8.42 Å². The van der Waals surface area contributed by atoms with Crippen molar-refractivity contribution in [2.45, 2.75) is 56.4 Å². The summed E-state index contributed by atoms with van der Waals surface area (Å²) in [6, 6.07) is 8.72. The number of sulfone groups is 1. The Labute approximate surface area is 203 Å². The first kappa shape index (κ1) is 25.9. The quantitative estimate of drug-likeness (QED) is 0.220. The van der Waals surface area contributed by atoms with Gasteiger partial charge in [0.1, 0.15) is 0 Å². The summed E-state index contributed by atoms with van der Waals surface area (Å²) in [4.78, 5) is 19.5. The van der Waals surface area contributed by atoms with Crippen molar-refractivity contribution in [2.24, 2.45) is 10.9 Å². The molecule has 2 aliphatic rings. The molecule has 1 atom stereocenters. The molecule has 9 heteroatoms. The standard InChI is InChI=1S/C22H34N4O3S.HI/c1-2-23-22(24-14-8-16-30(28,29)20-11-4-3-5-12-20)25-19-13-15-26(17-19)21(27)18-9-6-7-10-18;/h3-5,11-12,18-19H,2,6-10,13-17H2,1H3,(H2,23,24,25);1H. The predicted octanol–water partition coefficient (Wildman–Crippen LogP) is 2.81. The van der Waals surface area contributed by atoms with Crippen LogP contribution in [0.1, 0.15) is 45.4 Å². The molecule has 0 aromatic heterocycles. The summed E-state index contributed by atoms with van der Waals surface area (Å²) < 4.78 is 24.7. The molecule has 0 spiro atoms. The Bertz CT molecular complexity index is 826. The van der Waals surface area contributed by atoms with Gasteiger partial charge in [0, 0.05) is 38.1 Å². The zero-order valence-electron chi connectivity index (χ0n) is 18.3. The van der Waals surface area contributed by atoms with Crippen LogP contribution in [0.4, 0.5) is 0 Å². The monoisotopic (exact) mass is 562 g/mol. The maximum Gasteiger partial charge on any atom is 0.225 e. The molecule has 1 saturated carbocycles. The van der Waals surface area contributed by atoms with Crippen LogP contribution in [-0.4, -0.2) is 63.2 Å². The van der Waals surface area contributed by atoms with E-state index in [1.54, 1.807) is 24.3 Å². The zero-order chi connectivity index (χ0) is 21.4. The maximum atomic E-state index is 12.6. The Hall–Kier alpha value is -1.36. The van der Waals surface area contributed by atoms with Crippen LogP contribution in [0.3, 0.4) is 0 Å². The molecule has 2 fully saturated rings. The fourth-order valence-corrected chi connectivity index (χ4v) is 5.53. The van der Waals surface area contributed by atoms with Crippen LogP contribution in [0.25, 0.3) is 0 Å².